The van der Waals surface area contributed by atoms with Crippen molar-refractivity contribution in [1.29, 1.82) is 0 Å². The van der Waals surface area contributed by atoms with E-state index >= 15 is 0 Å². The Morgan fingerprint density at radius 2 is 2.07 bits per heavy atom. The summed E-state index contributed by atoms with van der Waals surface area (Å²) in [5, 5.41) is 4.47. The lowest BCUT2D eigenvalue weighted by atomic mass is 10.1. The van der Waals surface area contributed by atoms with Gasteiger partial charge < -0.3 is 14.6 Å². The topological polar surface area (TPSA) is 46.5 Å². The fourth-order valence-electron chi connectivity index (χ4n) is 3.34. The Morgan fingerprint density at radius 3 is 2.81 bits per heavy atom. The summed E-state index contributed by atoms with van der Waals surface area (Å²) in [6.45, 7) is 9.69. The van der Waals surface area contributed by atoms with E-state index < -0.39 is 0 Å². The van der Waals surface area contributed by atoms with E-state index in [-0.39, 0.29) is 17.9 Å². The molecule has 27 heavy (non-hydrogen) atoms. The lowest BCUT2D eigenvalue weighted by molar-refractivity contribution is 0.0374. The van der Waals surface area contributed by atoms with Gasteiger partial charge in [-0.1, -0.05) is 18.2 Å². The second kappa shape index (κ2) is 9.46. The average molecular weight is 394 g/mol. The normalized spacial score (nSPS) is 15.3. The van der Waals surface area contributed by atoms with Gasteiger partial charge in [0, 0.05) is 30.2 Å². The number of ether oxygens (including phenoxy) is 1. The molecule has 7 heteroatoms. The molecule has 5 nitrogen and oxygen atoms in total. The minimum absolute atomic E-state index is 0.158. The molecule has 1 aliphatic rings. The van der Waals surface area contributed by atoms with Crippen LogP contribution in [0.2, 0.25) is 0 Å². The molecule has 146 valence electrons. The molecule has 0 unspecified atom stereocenters. The third-order valence-electron chi connectivity index (χ3n) is 4.71. The summed E-state index contributed by atoms with van der Waals surface area (Å²) in [7, 11) is 0. The minimum Gasteiger partial charge on any atom is -0.379 e. The minimum atomic E-state index is -0.384. The van der Waals surface area contributed by atoms with Gasteiger partial charge in [0.05, 0.1) is 25.3 Å². The number of hydrogen-bond donors (Lipinski definition) is 1. The summed E-state index contributed by atoms with van der Waals surface area (Å²) in [4.78, 5) is 15.2. The molecular weight excluding hydrogens is 369 g/mol. The van der Waals surface area contributed by atoms with E-state index in [0.717, 1.165) is 51.2 Å². The van der Waals surface area contributed by atoms with Crippen LogP contribution in [-0.2, 0) is 17.8 Å². The van der Waals surface area contributed by atoms with Crippen LogP contribution < -0.4 is 10.9 Å². The van der Waals surface area contributed by atoms with Crippen molar-refractivity contribution in [2.75, 3.05) is 39.4 Å². The monoisotopic (exact) mass is 393 g/mol. The third kappa shape index (κ3) is 5.39. The number of aromatic nitrogens is 1. The van der Waals surface area contributed by atoms with E-state index in [1.807, 2.05) is 6.07 Å². The molecular formula is C20H25ClFN3O2. The van der Waals surface area contributed by atoms with Gasteiger partial charge in [-0.25, -0.2) is 4.39 Å². The van der Waals surface area contributed by atoms with Crippen molar-refractivity contribution in [1.82, 2.24) is 14.8 Å². The molecule has 0 atom stereocenters. The standard InChI is InChI=1S/C20H25ClFN3O2/c1-15(21)14-25-19-12-18(22)4-3-16(19)11-17(20(25)26)13-23-5-2-6-24-7-9-27-10-8-24/h3-4,11-12,23H,1-2,5-10,13-14H2. The summed E-state index contributed by atoms with van der Waals surface area (Å²) in [6.07, 6.45) is 1.01. The molecule has 0 bridgehead atoms. The third-order valence-corrected chi connectivity index (χ3v) is 4.83. The number of hydrogen-bond acceptors (Lipinski definition) is 4. The number of fused-ring (bicyclic) bond motifs is 1. The summed E-state index contributed by atoms with van der Waals surface area (Å²) in [6, 6.07) is 6.25. The maximum absolute atomic E-state index is 13.6. The van der Waals surface area contributed by atoms with Crippen molar-refractivity contribution >= 4 is 22.5 Å². The number of pyridine rings is 1. The number of nitrogens with zero attached hydrogens (tertiary/aromatic N) is 2. The SMILES string of the molecule is C=C(Cl)Cn1c(=O)c(CNCCCN2CCOCC2)cc2ccc(F)cc21. The summed E-state index contributed by atoms with van der Waals surface area (Å²) < 4.78 is 20.5. The van der Waals surface area contributed by atoms with Crippen LogP contribution in [0.25, 0.3) is 10.9 Å². The first-order chi connectivity index (χ1) is 13.0. The van der Waals surface area contributed by atoms with Crippen molar-refractivity contribution < 1.29 is 9.13 Å². The predicted molar refractivity (Wildman–Crippen MR) is 107 cm³/mol. The Hall–Kier alpha value is -1.73. The van der Waals surface area contributed by atoms with Crippen molar-refractivity contribution in [3.05, 3.63) is 57.6 Å². The van der Waals surface area contributed by atoms with E-state index in [9.17, 15) is 9.18 Å². The summed E-state index contributed by atoms with van der Waals surface area (Å²) in [5.74, 6) is -0.384. The van der Waals surface area contributed by atoms with Gasteiger partial charge >= 0.3 is 0 Å². The maximum Gasteiger partial charge on any atom is 0.255 e. The van der Waals surface area contributed by atoms with Gasteiger partial charge in [0.2, 0.25) is 0 Å². The first-order valence-electron chi connectivity index (χ1n) is 9.20. The predicted octanol–water partition coefficient (Wildman–Crippen LogP) is 2.71. The molecule has 0 saturated carbocycles. The molecule has 2 aromatic rings. The lowest BCUT2D eigenvalue weighted by Gasteiger charge is -2.26. The highest BCUT2D eigenvalue weighted by atomic mass is 35.5. The van der Waals surface area contributed by atoms with Crippen molar-refractivity contribution in [3.63, 3.8) is 0 Å². The number of allylic oxidation sites excluding steroid dienone is 1. The van der Waals surface area contributed by atoms with Gasteiger partial charge in [-0.2, -0.15) is 0 Å². The zero-order valence-corrected chi connectivity index (χ0v) is 16.1. The van der Waals surface area contributed by atoms with Gasteiger partial charge in [0.1, 0.15) is 5.82 Å². The van der Waals surface area contributed by atoms with E-state index in [1.165, 1.54) is 16.7 Å². The molecule has 2 heterocycles. The zero-order chi connectivity index (χ0) is 19.2. The second-order valence-corrected chi connectivity index (χ2v) is 7.30. The van der Waals surface area contributed by atoms with Gasteiger partial charge in [0.15, 0.2) is 0 Å². The number of nitrogens with one attached hydrogen (secondary N) is 1. The maximum atomic E-state index is 13.6. The molecule has 0 aliphatic carbocycles. The smallest absolute Gasteiger partial charge is 0.255 e. The van der Waals surface area contributed by atoms with Crippen molar-refractivity contribution in [3.8, 4) is 0 Å². The number of rotatable bonds is 8. The molecule has 0 amide bonds. The molecule has 1 N–H and O–H groups in total. The second-order valence-electron chi connectivity index (χ2n) is 6.77. The van der Waals surface area contributed by atoms with E-state index in [0.29, 0.717) is 22.7 Å². The molecule has 0 spiro atoms. The van der Waals surface area contributed by atoms with Crippen LogP contribution >= 0.6 is 11.6 Å². The molecule has 1 aromatic heterocycles. The Morgan fingerprint density at radius 1 is 1.30 bits per heavy atom. The van der Waals surface area contributed by atoms with Gasteiger partial charge in [-0.05, 0) is 49.2 Å². The highest BCUT2D eigenvalue weighted by Crippen LogP contribution is 2.17. The highest BCUT2D eigenvalue weighted by Gasteiger charge is 2.12. The Balaban J connectivity index is 1.66. The molecule has 1 aromatic carbocycles. The number of halogens is 2. The first kappa shape index (κ1) is 20.0. The van der Waals surface area contributed by atoms with Crippen molar-refractivity contribution in [2.45, 2.75) is 19.5 Å². The molecule has 1 aliphatic heterocycles. The van der Waals surface area contributed by atoms with Crippen LogP contribution in [-0.4, -0.2) is 48.9 Å². The summed E-state index contributed by atoms with van der Waals surface area (Å²) >= 11 is 5.92. The fourth-order valence-corrected chi connectivity index (χ4v) is 3.46. The van der Waals surface area contributed by atoms with Crippen LogP contribution in [0, 0.1) is 5.82 Å². The Labute approximate surface area is 163 Å². The van der Waals surface area contributed by atoms with E-state index in [2.05, 4.69) is 16.8 Å². The first-order valence-corrected chi connectivity index (χ1v) is 9.58. The van der Waals surface area contributed by atoms with E-state index in [4.69, 9.17) is 16.3 Å². The zero-order valence-electron chi connectivity index (χ0n) is 15.3. The summed E-state index contributed by atoms with van der Waals surface area (Å²) in [5.41, 5.74) is 0.992. The quantitative estimate of drug-likeness (QED) is 0.700. The van der Waals surface area contributed by atoms with Gasteiger partial charge in [0.25, 0.3) is 5.56 Å². The van der Waals surface area contributed by atoms with Crippen LogP contribution in [0.3, 0.4) is 0 Å². The lowest BCUT2D eigenvalue weighted by Crippen LogP contribution is -2.37. The van der Waals surface area contributed by atoms with Gasteiger partial charge in [-0.15, -0.1) is 0 Å². The molecule has 3 rings (SSSR count). The van der Waals surface area contributed by atoms with Gasteiger partial charge in [-0.3, -0.25) is 9.69 Å². The fraction of sp³-hybridized carbons (Fsp3) is 0.450. The average Bonchev–Trinajstić information content (AvgIpc) is 2.65. The molecule has 1 fully saturated rings. The van der Waals surface area contributed by atoms with Crippen LogP contribution in [0.1, 0.15) is 12.0 Å². The Bertz CT molecular complexity index is 862. The largest absolute Gasteiger partial charge is 0.379 e. The number of morpholine rings is 1. The highest BCUT2D eigenvalue weighted by molar-refractivity contribution is 6.29. The van der Waals surface area contributed by atoms with E-state index in [1.54, 1.807) is 6.07 Å². The van der Waals surface area contributed by atoms with Crippen LogP contribution in [0.4, 0.5) is 4.39 Å². The molecule has 1 saturated heterocycles. The Kier molecular flexibility index (Phi) is 7.01. The van der Waals surface area contributed by atoms with Crippen LogP contribution in [0.15, 0.2) is 40.7 Å². The number of benzene rings is 1. The van der Waals surface area contributed by atoms with Crippen molar-refractivity contribution in [2.24, 2.45) is 0 Å². The molecule has 0 radical (unpaired) electrons. The van der Waals surface area contributed by atoms with Crippen LogP contribution in [0.5, 0.6) is 0 Å².